The topological polar surface area (TPSA) is 53.1 Å². The zero-order valence-corrected chi connectivity index (χ0v) is 13.5. The Balaban J connectivity index is 2.19. The van der Waals surface area contributed by atoms with Crippen molar-refractivity contribution in [3.8, 4) is 5.75 Å². The lowest BCUT2D eigenvalue weighted by molar-refractivity contribution is 0.339. The summed E-state index contributed by atoms with van der Waals surface area (Å²) in [6.45, 7) is 4.66. The van der Waals surface area contributed by atoms with E-state index in [2.05, 4.69) is 5.10 Å². The van der Waals surface area contributed by atoms with Gasteiger partial charge in [0.25, 0.3) is 0 Å². The number of nitrogens with two attached hydrogens (primary N) is 1. The molecule has 2 aromatic rings. The first-order valence-electron chi connectivity index (χ1n) is 7.25. The van der Waals surface area contributed by atoms with Crippen molar-refractivity contribution >= 4 is 11.6 Å². The Hall–Kier alpha value is -1.52. The standard InChI is InChI=1S/C16H22ClN3O/c1-4-14-16(17)15(20(3)19-14)10-13(18)11-7-6-8-12(9-11)21-5-2/h6-9,13H,4-5,10,18H2,1-3H3. The van der Waals surface area contributed by atoms with Crippen molar-refractivity contribution in [2.24, 2.45) is 12.8 Å². The van der Waals surface area contributed by atoms with E-state index < -0.39 is 0 Å². The van der Waals surface area contributed by atoms with E-state index >= 15 is 0 Å². The first kappa shape index (κ1) is 15.9. The minimum absolute atomic E-state index is 0.136. The molecule has 1 unspecified atom stereocenters. The maximum Gasteiger partial charge on any atom is 0.119 e. The average Bonchev–Trinajstić information content (AvgIpc) is 2.75. The number of aryl methyl sites for hydroxylation is 2. The molecule has 0 aliphatic carbocycles. The van der Waals surface area contributed by atoms with Crippen molar-refractivity contribution in [3.63, 3.8) is 0 Å². The highest BCUT2D eigenvalue weighted by Crippen LogP contribution is 2.26. The fourth-order valence-electron chi connectivity index (χ4n) is 2.37. The third kappa shape index (κ3) is 3.57. The Bertz CT molecular complexity index is 610. The minimum Gasteiger partial charge on any atom is -0.494 e. The lowest BCUT2D eigenvalue weighted by Gasteiger charge is -2.14. The van der Waals surface area contributed by atoms with Crippen molar-refractivity contribution in [1.82, 2.24) is 9.78 Å². The second-order valence-electron chi connectivity index (χ2n) is 5.00. The highest BCUT2D eigenvalue weighted by atomic mass is 35.5. The maximum absolute atomic E-state index is 6.38. The van der Waals surface area contributed by atoms with Gasteiger partial charge in [-0.2, -0.15) is 5.10 Å². The number of nitrogens with zero attached hydrogens (tertiary/aromatic N) is 2. The molecule has 1 aromatic carbocycles. The van der Waals surface area contributed by atoms with E-state index in [9.17, 15) is 0 Å². The summed E-state index contributed by atoms with van der Waals surface area (Å²) in [5.74, 6) is 0.843. The van der Waals surface area contributed by atoms with Gasteiger partial charge >= 0.3 is 0 Å². The van der Waals surface area contributed by atoms with E-state index in [-0.39, 0.29) is 6.04 Å². The molecule has 0 saturated heterocycles. The second-order valence-corrected chi connectivity index (χ2v) is 5.38. The second kappa shape index (κ2) is 6.96. The van der Waals surface area contributed by atoms with Crippen LogP contribution in [0.4, 0.5) is 0 Å². The Morgan fingerprint density at radius 2 is 2.14 bits per heavy atom. The third-order valence-electron chi connectivity index (χ3n) is 3.51. The van der Waals surface area contributed by atoms with Crippen LogP contribution >= 0.6 is 11.6 Å². The van der Waals surface area contributed by atoms with Crippen LogP contribution in [0.15, 0.2) is 24.3 Å². The summed E-state index contributed by atoms with van der Waals surface area (Å²) in [6.07, 6.45) is 1.47. The quantitative estimate of drug-likeness (QED) is 0.891. The Morgan fingerprint density at radius 1 is 1.38 bits per heavy atom. The number of ether oxygens (including phenoxy) is 1. The van der Waals surface area contributed by atoms with Gasteiger partial charge in [0.15, 0.2) is 0 Å². The van der Waals surface area contributed by atoms with Crippen LogP contribution < -0.4 is 10.5 Å². The molecule has 0 aliphatic rings. The van der Waals surface area contributed by atoms with Crippen molar-refractivity contribution < 1.29 is 4.74 Å². The van der Waals surface area contributed by atoms with E-state index in [1.165, 1.54) is 0 Å². The molecule has 21 heavy (non-hydrogen) atoms. The summed E-state index contributed by atoms with van der Waals surface area (Å²) in [7, 11) is 1.91. The number of rotatable bonds is 6. The molecule has 114 valence electrons. The normalized spacial score (nSPS) is 12.4. The Labute approximate surface area is 130 Å². The van der Waals surface area contributed by atoms with Gasteiger partial charge in [0.2, 0.25) is 0 Å². The number of benzene rings is 1. The van der Waals surface area contributed by atoms with E-state index in [1.54, 1.807) is 0 Å². The van der Waals surface area contributed by atoms with Crippen LogP contribution in [0.1, 0.15) is 36.8 Å². The van der Waals surface area contributed by atoms with Gasteiger partial charge < -0.3 is 10.5 Å². The summed E-state index contributed by atoms with van der Waals surface area (Å²) in [4.78, 5) is 0. The van der Waals surface area contributed by atoms with Crippen molar-refractivity contribution in [2.45, 2.75) is 32.7 Å². The summed E-state index contributed by atoms with van der Waals surface area (Å²) in [6, 6.07) is 7.76. The molecule has 0 aliphatic heterocycles. The first-order chi connectivity index (χ1) is 10.1. The number of hydrogen-bond donors (Lipinski definition) is 1. The predicted octanol–water partition coefficient (Wildman–Crippen LogP) is 3.28. The van der Waals surface area contributed by atoms with Crippen LogP contribution in [0.3, 0.4) is 0 Å². The molecule has 2 rings (SSSR count). The van der Waals surface area contributed by atoms with E-state index in [0.717, 1.165) is 34.1 Å². The lowest BCUT2D eigenvalue weighted by atomic mass is 10.0. The molecule has 4 nitrogen and oxygen atoms in total. The van der Waals surface area contributed by atoms with Crippen LogP contribution in [0.25, 0.3) is 0 Å². The molecule has 0 bridgehead atoms. The maximum atomic E-state index is 6.38. The number of aromatic nitrogens is 2. The molecule has 0 spiro atoms. The first-order valence-corrected chi connectivity index (χ1v) is 7.63. The molecule has 2 N–H and O–H groups in total. The lowest BCUT2D eigenvalue weighted by Crippen LogP contribution is -2.15. The Kier molecular flexibility index (Phi) is 5.26. The van der Waals surface area contributed by atoms with Gasteiger partial charge in [0, 0.05) is 19.5 Å². The summed E-state index contributed by atoms with van der Waals surface area (Å²) in [5.41, 5.74) is 9.26. The summed E-state index contributed by atoms with van der Waals surface area (Å²) in [5, 5.41) is 5.16. The molecule has 0 radical (unpaired) electrons. The van der Waals surface area contributed by atoms with Crippen LogP contribution in [0.5, 0.6) is 5.75 Å². The molecule has 0 fully saturated rings. The summed E-state index contributed by atoms with van der Waals surface area (Å²) >= 11 is 6.38. The smallest absolute Gasteiger partial charge is 0.119 e. The predicted molar refractivity (Wildman–Crippen MR) is 85.8 cm³/mol. The molecule has 0 saturated carbocycles. The van der Waals surface area contributed by atoms with Crippen LogP contribution in [-0.2, 0) is 19.9 Å². The monoisotopic (exact) mass is 307 g/mol. The fourth-order valence-corrected chi connectivity index (χ4v) is 2.74. The molecule has 0 amide bonds. The van der Waals surface area contributed by atoms with Gasteiger partial charge in [-0.1, -0.05) is 30.7 Å². The van der Waals surface area contributed by atoms with Crippen LogP contribution in [0.2, 0.25) is 5.02 Å². The van der Waals surface area contributed by atoms with Gasteiger partial charge in [-0.3, -0.25) is 4.68 Å². The molecular formula is C16H22ClN3O. The van der Waals surface area contributed by atoms with Crippen LogP contribution in [0, 0.1) is 0 Å². The zero-order chi connectivity index (χ0) is 15.4. The SMILES string of the molecule is CCOc1cccc(C(N)Cc2c(Cl)c(CC)nn2C)c1. The number of hydrogen-bond acceptors (Lipinski definition) is 3. The average molecular weight is 308 g/mol. The zero-order valence-electron chi connectivity index (χ0n) is 12.8. The van der Waals surface area contributed by atoms with E-state index in [1.807, 2.05) is 49.8 Å². The van der Waals surface area contributed by atoms with Crippen molar-refractivity contribution in [2.75, 3.05) is 6.61 Å². The van der Waals surface area contributed by atoms with E-state index in [4.69, 9.17) is 22.1 Å². The van der Waals surface area contributed by atoms with Gasteiger partial charge in [0.05, 0.1) is 23.0 Å². The minimum atomic E-state index is -0.136. The van der Waals surface area contributed by atoms with Crippen molar-refractivity contribution in [3.05, 3.63) is 46.2 Å². The highest BCUT2D eigenvalue weighted by Gasteiger charge is 2.17. The fraction of sp³-hybridized carbons (Fsp3) is 0.438. The van der Waals surface area contributed by atoms with Gasteiger partial charge in [-0.25, -0.2) is 0 Å². The van der Waals surface area contributed by atoms with Gasteiger partial charge in [-0.15, -0.1) is 0 Å². The number of halogens is 1. The molecule has 1 aromatic heterocycles. The van der Waals surface area contributed by atoms with Crippen molar-refractivity contribution in [1.29, 1.82) is 0 Å². The largest absolute Gasteiger partial charge is 0.494 e. The van der Waals surface area contributed by atoms with E-state index in [0.29, 0.717) is 13.0 Å². The van der Waals surface area contributed by atoms with Gasteiger partial charge in [0.1, 0.15) is 5.75 Å². The van der Waals surface area contributed by atoms with Crippen LogP contribution in [-0.4, -0.2) is 16.4 Å². The third-order valence-corrected chi connectivity index (χ3v) is 3.95. The molecular weight excluding hydrogens is 286 g/mol. The molecule has 1 atom stereocenters. The summed E-state index contributed by atoms with van der Waals surface area (Å²) < 4.78 is 7.34. The molecule has 1 heterocycles. The highest BCUT2D eigenvalue weighted by molar-refractivity contribution is 6.31. The van der Waals surface area contributed by atoms with Gasteiger partial charge in [-0.05, 0) is 31.0 Å². The Morgan fingerprint density at radius 3 is 2.76 bits per heavy atom. The molecule has 5 heteroatoms.